The summed E-state index contributed by atoms with van der Waals surface area (Å²) in [5.74, 6) is 0. The third-order valence-electron chi connectivity index (χ3n) is 2.94. The molecule has 2 N–H and O–H groups in total. The molecule has 96 valence electrons. The Balaban J connectivity index is 2.46. The van der Waals surface area contributed by atoms with Gasteiger partial charge in [-0.15, -0.1) is 0 Å². The van der Waals surface area contributed by atoms with Crippen LogP contribution in [0.4, 0.5) is 0 Å². The van der Waals surface area contributed by atoms with E-state index in [1.165, 1.54) is 11.1 Å². The lowest BCUT2D eigenvalue weighted by molar-refractivity contribution is 0.107. The molecule has 1 rings (SSSR count). The predicted molar refractivity (Wildman–Crippen MR) is 73.1 cm³/mol. The highest BCUT2D eigenvalue weighted by atomic mass is 16.5. The van der Waals surface area contributed by atoms with E-state index in [4.69, 9.17) is 10.5 Å². The van der Waals surface area contributed by atoms with E-state index in [1.54, 1.807) is 0 Å². The smallest absolute Gasteiger partial charge is 0.0717 e. The zero-order chi connectivity index (χ0) is 12.9. The number of ether oxygens (including phenoxy) is 1. The standard InChI is InChI=1S/C15H25NO/c1-5-14(16)11-17-10-12-6-8-13(9-7-12)15(2,3)4/h6-9,14H,5,10-11,16H2,1-4H3. The van der Waals surface area contributed by atoms with Crippen molar-refractivity contribution in [3.63, 3.8) is 0 Å². The van der Waals surface area contributed by atoms with E-state index in [0.717, 1.165) is 6.42 Å². The van der Waals surface area contributed by atoms with Crippen LogP contribution in [0.2, 0.25) is 0 Å². The highest BCUT2D eigenvalue weighted by molar-refractivity contribution is 5.27. The fourth-order valence-corrected chi connectivity index (χ4v) is 1.55. The molecule has 1 unspecified atom stereocenters. The minimum Gasteiger partial charge on any atom is -0.375 e. The van der Waals surface area contributed by atoms with Crippen molar-refractivity contribution in [2.24, 2.45) is 5.73 Å². The van der Waals surface area contributed by atoms with Crippen molar-refractivity contribution in [2.45, 2.75) is 52.2 Å². The molecule has 1 aromatic rings. The molecule has 2 nitrogen and oxygen atoms in total. The van der Waals surface area contributed by atoms with Crippen molar-refractivity contribution in [3.8, 4) is 0 Å². The normalized spacial score (nSPS) is 13.7. The van der Waals surface area contributed by atoms with Gasteiger partial charge in [-0.05, 0) is 23.0 Å². The van der Waals surface area contributed by atoms with Crippen LogP contribution < -0.4 is 5.73 Å². The highest BCUT2D eigenvalue weighted by Crippen LogP contribution is 2.22. The van der Waals surface area contributed by atoms with Crippen molar-refractivity contribution < 1.29 is 4.74 Å². The monoisotopic (exact) mass is 235 g/mol. The largest absolute Gasteiger partial charge is 0.375 e. The third kappa shape index (κ3) is 4.88. The van der Waals surface area contributed by atoms with E-state index in [1.807, 2.05) is 0 Å². The molecule has 0 saturated heterocycles. The summed E-state index contributed by atoms with van der Waals surface area (Å²) >= 11 is 0. The molecule has 0 heterocycles. The summed E-state index contributed by atoms with van der Waals surface area (Å²) in [6.45, 7) is 10.0. The second kappa shape index (κ2) is 6.18. The quantitative estimate of drug-likeness (QED) is 0.850. The molecule has 0 bridgehead atoms. The molecular weight excluding hydrogens is 210 g/mol. The van der Waals surface area contributed by atoms with E-state index in [2.05, 4.69) is 52.0 Å². The molecule has 0 fully saturated rings. The molecule has 0 saturated carbocycles. The molecule has 2 heteroatoms. The Labute approximate surface area is 105 Å². The maximum atomic E-state index is 5.79. The average molecular weight is 235 g/mol. The van der Waals surface area contributed by atoms with Gasteiger partial charge >= 0.3 is 0 Å². The molecule has 0 spiro atoms. The Hall–Kier alpha value is -0.860. The van der Waals surface area contributed by atoms with Gasteiger partial charge in [-0.2, -0.15) is 0 Å². The van der Waals surface area contributed by atoms with Crippen LogP contribution in [0.15, 0.2) is 24.3 Å². The van der Waals surface area contributed by atoms with Crippen LogP contribution in [0.5, 0.6) is 0 Å². The molecule has 1 atom stereocenters. The van der Waals surface area contributed by atoms with E-state index < -0.39 is 0 Å². The van der Waals surface area contributed by atoms with Crippen molar-refractivity contribution in [2.75, 3.05) is 6.61 Å². The van der Waals surface area contributed by atoms with Crippen molar-refractivity contribution in [3.05, 3.63) is 35.4 Å². The fraction of sp³-hybridized carbons (Fsp3) is 0.600. The second-order valence-corrected chi connectivity index (χ2v) is 5.63. The van der Waals surface area contributed by atoms with Crippen LogP contribution in [0.25, 0.3) is 0 Å². The number of hydrogen-bond acceptors (Lipinski definition) is 2. The SMILES string of the molecule is CCC(N)COCc1ccc(C(C)(C)C)cc1. The molecule has 1 aromatic carbocycles. The van der Waals surface area contributed by atoms with Gasteiger partial charge in [0.2, 0.25) is 0 Å². The first-order valence-corrected chi connectivity index (χ1v) is 6.36. The van der Waals surface area contributed by atoms with Crippen LogP contribution in [0.1, 0.15) is 45.2 Å². The van der Waals surface area contributed by atoms with E-state index in [0.29, 0.717) is 13.2 Å². The number of nitrogens with two attached hydrogens (primary N) is 1. The van der Waals surface area contributed by atoms with Crippen LogP contribution in [0, 0.1) is 0 Å². The summed E-state index contributed by atoms with van der Waals surface area (Å²) in [4.78, 5) is 0. The van der Waals surface area contributed by atoms with Gasteiger partial charge in [0.1, 0.15) is 0 Å². The lowest BCUT2D eigenvalue weighted by Gasteiger charge is -2.19. The van der Waals surface area contributed by atoms with E-state index in [-0.39, 0.29) is 11.5 Å². The van der Waals surface area contributed by atoms with Crippen LogP contribution in [-0.2, 0) is 16.8 Å². The molecule has 0 amide bonds. The molecule has 0 aliphatic carbocycles. The summed E-state index contributed by atoms with van der Waals surface area (Å²) in [7, 11) is 0. The maximum absolute atomic E-state index is 5.79. The van der Waals surface area contributed by atoms with Crippen molar-refractivity contribution in [1.29, 1.82) is 0 Å². The van der Waals surface area contributed by atoms with Crippen LogP contribution in [-0.4, -0.2) is 12.6 Å². The van der Waals surface area contributed by atoms with Gasteiger partial charge in [-0.25, -0.2) is 0 Å². The van der Waals surface area contributed by atoms with E-state index in [9.17, 15) is 0 Å². The Morgan fingerprint density at radius 3 is 2.24 bits per heavy atom. The van der Waals surface area contributed by atoms with Gasteiger partial charge in [-0.3, -0.25) is 0 Å². The molecular formula is C15H25NO. The number of benzene rings is 1. The zero-order valence-electron chi connectivity index (χ0n) is 11.5. The third-order valence-corrected chi connectivity index (χ3v) is 2.94. The lowest BCUT2D eigenvalue weighted by atomic mass is 9.87. The van der Waals surface area contributed by atoms with Gasteiger partial charge in [0.05, 0.1) is 13.2 Å². The lowest BCUT2D eigenvalue weighted by Crippen LogP contribution is -2.24. The van der Waals surface area contributed by atoms with Gasteiger partial charge in [0, 0.05) is 6.04 Å². The van der Waals surface area contributed by atoms with Gasteiger partial charge in [-0.1, -0.05) is 52.0 Å². The molecule has 17 heavy (non-hydrogen) atoms. The van der Waals surface area contributed by atoms with Crippen LogP contribution in [0.3, 0.4) is 0 Å². The highest BCUT2D eigenvalue weighted by Gasteiger charge is 2.12. The number of hydrogen-bond donors (Lipinski definition) is 1. The minimum absolute atomic E-state index is 0.156. The molecule has 0 aliphatic heterocycles. The van der Waals surface area contributed by atoms with Gasteiger partial charge in [0.25, 0.3) is 0 Å². The predicted octanol–water partition coefficient (Wildman–Crippen LogP) is 3.24. The van der Waals surface area contributed by atoms with Gasteiger partial charge < -0.3 is 10.5 Å². The molecule has 0 aromatic heterocycles. The summed E-state index contributed by atoms with van der Waals surface area (Å²) in [6, 6.07) is 8.79. The molecule has 0 radical (unpaired) electrons. The second-order valence-electron chi connectivity index (χ2n) is 5.63. The summed E-state index contributed by atoms with van der Waals surface area (Å²) in [5.41, 5.74) is 8.57. The average Bonchev–Trinajstić information content (AvgIpc) is 2.28. The Morgan fingerprint density at radius 1 is 1.18 bits per heavy atom. The molecule has 0 aliphatic rings. The summed E-state index contributed by atoms with van der Waals surface area (Å²) < 4.78 is 5.57. The Kier molecular flexibility index (Phi) is 5.16. The number of rotatable bonds is 5. The first kappa shape index (κ1) is 14.2. The zero-order valence-corrected chi connectivity index (χ0v) is 11.5. The van der Waals surface area contributed by atoms with Gasteiger partial charge in [0.15, 0.2) is 0 Å². The van der Waals surface area contributed by atoms with E-state index >= 15 is 0 Å². The van der Waals surface area contributed by atoms with Crippen molar-refractivity contribution >= 4 is 0 Å². The topological polar surface area (TPSA) is 35.2 Å². The first-order chi connectivity index (χ1) is 7.93. The summed E-state index contributed by atoms with van der Waals surface area (Å²) in [5, 5.41) is 0. The fourth-order valence-electron chi connectivity index (χ4n) is 1.55. The van der Waals surface area contributed by atoms with Crippen molar-refractivity contribution in [1.82, 2.24) is 0 Å². The maximum Gasteiger partial charge on any atom is 0.0717 e. The minimum atomic E-state index is 0.156. The van der Waals surface area contributed by atoms with Crippen LogP contribution >= 0.6 is 0 Å². The first-order valence-electron chi connectivity index (χ1n) is 6.36. The Morgan fingerprint density at radius 2 is 1.76 bits per heavy atom. The summed E-state index contributed by atoms with van der Waals surface area (Å²) in [6.07, 6.45) is 0.961. The Bertz CT molecular complexity index is 324.